The van der Waals surface area contributed by atoms with Crippen LogP contribution in [0.4, 0.5) is 8.78 Å². The zero-order valence-electron chi connectivity index (χ0n) is 18.4. The molecule has 2 aromatic rings. The Bertz CT molecular complexity index is 864. The molecule has 0 unspecified atom stereocenters. The SMILES string of the molecule is CCNC(=NCc1cccc(OCC)c1OC(F)F)NCC(=O)NCCc1ccccc1. The van der Waals surface area contributed by atoms with Gasteiger partial charge < -0.3 is 25.4 Å². The smallest absolute Gasteiger partial charge is 0.387 e. The van der Waals surface area contributed by atoms with Crippen molar-refractivity contribution in [2.24, 2.45) is 4.99 Å². The van der Waals surface area contributed by atoms with Crippen LogP contribution in [0.5, 0.6) is 11.5 Å². The van der Waals surface area contributed by atoms with Gasteiger partial charge in [-0.05, 0) is 31.9 Å². The first-order valence-electron chi connectivity index (χ1n) is 10.6. The van der Waals surface area contributed by atoms with Gasteiger partial charge in [0.05, 0.1) is 19.7 Å². The van der Waals surface area contributed by atoms with Gasteiger partial charge in [0.1, 0.15) is 0 Å². The van der Waals surface area contributed by atoms with E-state index in [4.69, 9.17) is 4.74 Å². The third kappa shape index (κ3) is 8.79. The molecular weight excluding hydrogens is 418 g/mol. The first-order chi connectivity index (χ1) is 15.5. The molecule has 0 aliphatic rings. The van der Waals surface area contributed by atoms with Gasteiger partial charge in [-0.15, -0.1) is 0 Å². The summed E-state index contributed by atoms with van der Waals surface area (Å²) in [6, 6.07) is 14.8. The zero-order valence-corrected chi connectivity index (χ0v) is 18.4. The van der Waals surface area contributed by atoms with Crippen LogP contribution in [0, 0.1) is 0 Å². The van der Waals surface area contributed by atoms with E-state index in [1.54, 1.807) is 25.1 Å². The molecule has 0 saturated carbocycles. The van der Waals surface area contributed by atoms with Crippen LogP contribution in [0.25, 0.3) is 0 Å². The number of nitrogens with one attached hydrogen (secondary N) is 3. The van der Waals surface area contributed by atoms with Crippen LogP contribution in [-0.2, 0) is 17.8 Å². The molecule has 0 fully saturated rings. The lowest BCUT2D eigenvalue weighted by Gasteiger charge is -2.15. The average molecular weight is 449 g/mol. The predicted octanol–water partition coefficient (Wildman–Crippen LogP) is 3.10. The summed E-state index contributed by atoms with van der Waals surface area (Å²) in [7, 11) is 0. The van der Waals surface area contributed by atoms with Gasteiger partial charge in [-0.3, -0.25) is 4.79 Å². The van der Waals surface area contributed by atoms with E-state index in [0.717, 1.165) is 12.0 Å². The van der Waals surface area contributed by atoms with E-state index in [1.165, 1.54) is 0 Å². The van der Waals surface area contributed by atoms with Crippen molar-refractivity contribution in [2.75, 3.05) is 26.2 Å². The Hall–Kier alpha value is -3.36. The summed E-state index contributed by atoms with van der Waals surface area (Å²) < 4.78 is 35.8. The number of halogens is 2. The van der Waals surface area contributed by atoms with E-state index in [-0.39, 0.29) is 30.5 Å². The molecule has 0 aliphatic heterocycles. The quantitative estimate of drug-likeness (QED) is 0.343. The number of hydrogen-bond acceptors (Lipinski definition) is 4. The summed E-state index contributed by atoms with van der Waals surface area (Å²) >= 11 is 0. The molecule has 1 amide bonds. The van der Waals surface area contributed by atoms with Crippen molar-refractivity contribution in [3.05, 3.63) is 59.7 Å². The van der Waals surface area contributed by atoms with Crippen LogP contribution in [0.1, 0.15) is 25.0 Å². The van der Waals surface area contributed by atoms with Gasteiger partial charge in [0.2, 0.25) is 5.91 Å². The van der Waals surface area contributed by atoms with Crippen LogP contribution < -0.4 is 25.4 Å². The minimum Gasteiger partial charge on any atom is -0.490 e. The number of ether oxygens (including phenoxy) is 2. The highest BCUT2D eigenvalue weighted by molar-refractivity contribution is 5.86. The Morgan fingerprint density at radius 3 is 2.50 bits per heavy atom. The summed E-state index contributed by atoms with van der Waals surface area (Å²) in [6.45, 7) is 2.17. The maximum Gasteiger partial charge on any atom is 0.387 e. The first kappa shape index (κ1) is 24.9. The van der Waals surface area contributed by atoms with Gasteiger partial charge in [0.15, 0.2) is 17.5 Å². The van der Waals surface area contributed by atoms with Gasteiger partial charge in [0, 0.05) is 18.7 Å². The lowest BCUT2D eigenvalue weighted by molar-refractivity contribution is -0.119. The zero-order chi connectivity index (χ0) is 23.2. The number of amides is 1. The van der Waals surface area contributed by atoms with Crippen molar-refractivity contribution >= 4 is 11.9 Å². The molecule has 0 bridgehead atoms. The van der Waals surface area contributed by atoms with Crippen LogP contribution in [-0.4, -0.2) is 44.7 Å². The molecule has 32 heavy (non-hydrogen) atoms. The van der Waals surface area contributed by atoms with Gasteiger partial charge in [-0.2, -0.15) is 8.78 Å². The molecular formula is C23H30F2N4O3. The molecule has 2 rings (SSSR count). The van der Waals surface area contributed by atoms with Gasteiger partial charge in [-0.1, -0.05) is 42.5 Å². The number of nitrogens with zero attached hydrogens (tertiary/aromatic N) is 1. The van der Waals surface area contributed by atoms with Crippen molar-refractivity contribution in [2.45, 2.75) is 33.4 Å². The number of aliphatic imine (C=N–C) groups is 1. The van der Waals surface area contributed by atoms with E-state index < -0.39 is 6.61 Å². The number of benzene rings is 2. The summed E-state index contributed by atoms with van der Waals surface area (Å²) in [5.41, 5.74) is 1.59. The van der Waals surface area contributed by atoms with Crippen molar-refractivity contribution in [3.63, 3.8) is 0 Å². The van der Waals surface area contributed by atoms with E-state index in [9.17, 15) is 13.6 Å². The van der Waals surface area contributed by atoms with Crippen LogP contribution in [0.15, 0.2) is 53.5 Å². The number of carbonyl (C=O) groups excluding carboxylic acids is 1. The molecule has 0 aliphatic carbocycles. The minimum atomic E-state index is -2.98. The minimum absolute atomic E-state index is 0.0278. The van der Waals surface area contributed by atoms with Crippen LogP contribution >= 0.6 is 0 Å². The van der Waals surface area contributed by atoms with Crippen molar-refractivity contribution in [3.8, 4) is 11.5 Å². The molecule has 0 atom stereocenters. The van der Waals surface area contributed by atoms with Crippen molar-refractivity contribution < 1.29 is 23.0 Å². The normalized spacial score (nSPS) is 11.2. The molecule has 0 heterocycles. The Labute approximate surface area is 187 Å². The number of para-hydroxylation sites is 1. The highest BCUT2D eigenvalue weighted by Gasteiger charge is 2.15. The molecule has 0 spiro atoms. The van der Waals surface area contributed by atoms with E-state index in [2.05, 4.69) is 25.7 Å². The molecule has 7 nitrogen and oxygen atoms in total. The molecule has 174 valence electrons. The average Bonchev–Trinajstić information content (AvgIpc) is 2.78. The maximum absolute atomic E-state index is 12.9. The maximum atomic E-state index is 12.9. The third-order valence-electron chi connectivity index (χ3n) is 4.31. The summed E-state index contributed by atoms with van der Waals surface area (Å²) in [6.07, 6.45) is 0.740. The first-order valence-corrected chi connectivity index (χ1v) is 10.6. The number of guanidine groups is 1. The largest absolute Gasteiger partial charge is 0.490 e. The fourth-order valence-corrected chi connectivity index (χ4v) is 2.90. The Balaban J connectivity index is 1.94. The molecule has 3 N–H and O–H groups in total. The Morgan fingerprint density at radius 2 is 1.81 bits per heavy atom. The second kappa shape index (κ2) is 13.8. The topological polar surface area (TPSA) is 84.0 Å². The molecule has 2 aromatic carbocycles. The Kier molecular flexibility index (Phi) is 10.8. The van der Waals surface area contributed by atoms with Gasteiger partial charge >= 0.3 is 6.61 Å². The standard InChI is InChI=1S/C23H30F2N4O3/c1-3-26-23(29-16-20(30)27-14-13-17-9-6-5-7-10-17)28-15-18-11-8-12-19(31-4-2)21(18)32-22(24)25/h5-12,22H,3-4,13-16H2,1-2H3,(H,27,30)(H2,26,28,29). The lowest BCUT2D eigenvalue weighted by Crippen LogP contribution is -2.43. The Morgan fingerprint density at radius 1 is 1.03 bits per heavy atom. The van der Waals surface area contributed by atoms with Crippen LogP contribution in [0.3, 0.4) is 0 Å². The number of alkyl halides is 2. The monoisotopic (exact) mass is 448 g/mol. The summed E-state index contributed by atoms with van der Waals surface area (Å²) in [4.78, 5) is 16.5. The van der Waals surface area contributed by atoms with E-state index in [1.807, 2.05) is 37.3 Å². The molecule has 9 heteroatoms. The molecule has 0 aromatic heterocycles. The summed E-state index contributed by atoms with van der Waals surface area (Å²) in [5, 5.41) is 8.83. The number of hydrogen-bond donors (Lipinski definition) is 3. The summed E-state index contributed by atoms with van der Waals surface area (Å²) in [5.74, 6) is 0.404. The van der Waals surface area contributed by atoms with Crippen molar-refractivity contribution in [1.82, 2.24) is 16.0 Å². The number of carbonyl (C=O) groups is 1. The van der Waals surface area contributed by atoms with Gasteiger partial charge in [0.25, 0.3) is 0 Å². The van der Waals surface area contributed by atoms with Gasteiger partial charge in [-0.25, -0.2) is 4.99 Å². The number of rotatable bonds is 12. The lowest BCUT2D eigenvalue weighted by atomic mass is 10.1. The molecule has 0 saturated heterocycles. The van der Waals surface area contributed by atoms with E-state index >= 15 is 0 Å². The van der Waals surface area contributed by atoms with Crippen molar-refractivity contribution in [1.29, 1.82) is 0 Å². The highest BCUT2D eigenvalue weighted by Crippen LogP contribution is 2.33. The second-order valence-electron chi connectivity index (χ2n) is 6.69. The molecule has 0 radical (unpaired) electrons. The van der Waals surface area contributed by atoms with E-state index in [0.29, 0.717) is 31.2 Å². The fourth-order valence-electron chi connectivity index (χ4n) is 2.90. The predicted molar refractivity (Wildman–Crippen MR) is 120 cm³/mol. The highest BCUT2D eigenvalue weighted by atomic mass is 19.3. The second-order valence-corrected chi connectivity index (χ2v) is 6.69. The third-order valence-corrected chi connectivity index (χ3v) is 4.31. The fraction of sp³-hybridized carbons (Fsp3) is 0.391. The van der Waals surface area contributed by atoms with Crippen LogP contribution in [0.2, 0.25) is 0 Å².